The number of halogens is 2. The first-order chi connectivity index (χ1) is 17.4. The summed E-state index contributed by atoms with van der Waals surface area (Å²) in [5.41, 5.74) is 2.55. The lowest BCUT2D eigenvalue weighted by atomic mass is 10.1. The number of benzene rings is 3. The summed E-state index contributed by atoms with van der Waals surface area (Å²) in [6.07, 6.45) is 0. The maximum atomic E-state index is 13.3. The number of nitrogens with zero attached hydrogens (tertiary/aromatic N) is 2. The van der Waals surface area contributed by atoms with Gasteiger partial charge in [0.2, 0.25) is 0 Å². The Morgan fingerprint density at radius 2 is 1.78 bits per heavy atom. The first kappa shape index (κ1) is 25.9. The number of piperazine rings is 1. The lowest BCUT2D eigenvalue weighted by Crippen LogP contribution is -2.48. The molecule has 6 nitrogen and oxygen atoms in total. The zero-order valence-electron chi connectivity index (χ0n) is 19.9. The molecular weight excluding hydrogens is 501 g/mol. The van der Waals surface area contributed by atoms with E-state index in [-0.39, 0.29) is 11.6 Å². The molecule has 1 saturated heterocycles. The van der Waals surface area contributed by atoms with E-state index in [9.17, 15) is 9.18 Å². The van der Waals surface area contributed by atoms with E-state index in [4.69, 9.17) is 33.3 Å². The number of nitrogens with one attached hydrogen (secondary N) is 1. The fraction of sp³-hybridized carbons (Fsp3) is 0.259. The maximum Gasteiger partial charge on any atom is 0.262 e. The number of rotatable bonds is 8. The lowest BCUT2D eigenvalue weighted by Gasteiger charge is -2.36. The highest BCUT2D eigenvalue weighted by Crippen LogP contribution is 2.29. The SMILES string of the molecule is COc1cc(C(=S)N2CCN(Cc3ccccc3)CC2)ccc1OCC(=O)Nc1ccc(F)c(Cl)c1. The highest BCUT2D eigenvalue weighted by atomic mass is 35.5. The van der Waals surface area contributed by atoms with E-state index in [0.29, 0.717) is 17.2 Å². The molecule has 1 amide bonds. The Morgan fingerprint density at radius 1 is 1.03 bits per heavy atom. The van der Waals surface area contributed by atoms with Gasteiger partial charge in [-0.3, -0.25) is 9.69 Å². The summed E-state index contributed by atoms with van der Waals surface area (Å²) < 4.78 is 24.4. The zero-order valence-corrected chi connectivity index (χ0v) is 21.4. The minimum absolute atomic E-state index is 0.0699. The molecular formula is C27H27ClFN3O3S. The molecule has 0 saturated carbocycles. The number of methoxy groups -OCH3 is 1. The van der Waals surface area contributed by atoms with E-state index in [1.165, 1.54) is 30.9 Å². The van der Waals surface area contributed by atoms with Crippen molar-refractivity contribution in [3.8, 4) is 11.5 Å². The van der Waals surface area contributed by atoms with Crippen molar-refractivity contribution in [3.05, 3.63) is 88.7 Å². The molecule has 0 atom stereocenters. The van der Waals surface area contributed by atoms with E-state index in [1.54, 1.807) is 6.07 Å². The van der Waals surface area contributed by atoms with E-state index < -0.39 is 11.7 Å². The fourth-order valence-electron chi connectivity index (χ4n) is 3.97. The molecule has 1 N–H and O–H groups in total. The number of thiocarbonyl (C=S) groups is 1. The number of carbonyl (C=O) groups excluding carboxylic acids is 1. The highest BCUT2D eigenvalue weighted by Gasteiger charge is 2.21. The Morgan fingerprint density at radius 3 is 2.47 bits per heavy atom. The smallest absolute Gasteiger partial charge is 0.262 e. The Labute approximate surface area is 220 Å². The van der Waals surface area contributed by atoms with Crippen LogP contribution in [0, 0.1) is 5.82 Å². The standard InChI is InChI=1S/C27H27ClFN3O3S/c1-34-25-15-20(27(36)32-13-11-31(12-14-32)17-19-5-3-2-4-6-19)7-10-24(25)35-18-26(33)30-21-8-9-23(29)22(28)16-21/h2-10,15-16H,11-14,17-18H2,1H3,(H,30,33). The Kier molecular flexibility index (Phi) is 8.74. The van der Waals surface area contributed by atoms with Crippen LogP contribution < -0.4 is 14.8 Å². The van der Waals surface area contributed by atoms with Gasteiger partial charge in [0.25, 0.3) is 5.91 Å². The second kappa shape index (κ2) is 12.2. The molecule has 4 rings (SSSR count). The molecule has 9 heteroatoms. The molecule has 0 aromatic heterocycles. The molecule has 1 aliphatic heterocycles. The van der Waals surface area contributed by atoms with Crippen LogP contribution >= 0.6 is 23.8 Å². The van der Waals surface area contributed by atoms with Gasteiger partial charge in [-0.25, -0.2) is 4.39 Å². The molecule has 1 aliphatic rings. The third-order valence-electron chi connectivity index (χ3n) is 5.88. The van der Waals surface area contributed by atoms with Crippen molar-refractivity contribution >= 4 is 40.4 Å². The number of ether oxygens (including phenoxy) is 2. The normalized spacial score (nSPS) is 13.8. The van der Waals surface area contributed by atoms with Crippen LogP contribution in [-0.2, 0) is 11.3 Å². The first-order valence-electron chi connectivity index (χ1n) is 11.5. The van der Waals surface area contributed by atoms with E-state index in [0.717, 1.165) is 43.3 Å². The minimum atomic E-state index is -0.553. The highest BCUT2D eigenvalue weighted by molar-refractivity contribution is 7.80. The largest absolute Gasteiger partial charge is 0.493 e. The summed E-state index contributed by atoms with van der Waals surface area (Å²) in [5.74, 6) is -0.0605. The number of hydrogen-bond donors (Lipinski definition) is 1. The number of hydrogen-bond acceptors (Lipinski definition) is 5. The van der Waals surface area contributed by atoms with Gasteiger partial charge < -0.3 is 19.7 Å². The van der Waals surface area contributed by atoms with Crippen LogP contribution in [0.2, 0.25) is 5.02 Å². The predicted octanol–water partition coefficient (Wildman–Crippen LogP) is 5.00. The molecule has 3 aromatic carbocycles. The average molecular weight is 528 g/mol. The van der Waals surface area contributed by atoms with Crippen molar-refractivity contribution in [2.24, 2.45) is 0 Å². The third-order valence-corrected chi connectivity index (χ3v) is 6.66. The van der Waals surface area contributed by atoms with Crippen LogP contribution in [0.1, 0.15) is 11.1 Å². The Bertz CT molecular complexity index is 1220. The second-order valence-corrected chi connectivity index (χ2v) is 9.18. The predicted molar refractivity (Wildman–Crippen MR) is 144 cm³/mol. The molecule has 0 radical (unpaired) electrons. The summed E-state index contributed by atoms with van der Waals surface area (Å²) in [6.45, 7) is 4.24. The number of amides is 1. The van der Waals surface area contributed by atoms with Crippen LogP contribution in [0.25, 0.3) is 0 Å². The summed E-state index contributed by atoms with van der Waals surface area (Å²) >= 11 is 11.5. The van der Waals surface area contributed by atoms with E-state index in [1.807, 2.05) is 18.2 Å². The average Bonchev–Trinajstić information content (AvgIpc) is 2.90. The van der Waals surface area contributed by atoms with Crippen LogP contribution in [0.3, 0.4) is 0 Å². The van der Waals surface area contributed by atoms with Crippen molar-refractivity contribution in [1.82, 2.24) is 9.80 Å². The molecule has 0 unspecified atom stereocenters. The van der Waals surface area contributed by atoms with Gasteiger partial charge in [-0.05, 0) is 42.0 Å². The van der Waals surface area contributed by atoms with Gasteiger partial charge in [0.1, 0.15) is 10.8 Å². The third kappa shape index (κ3) is 6.72. The molecule has 36 heavy (non-hydrogen) atoms. The van der Waals surface area contributed by atoms with Crippen LogP contribution in [0.15, 0.2) is 66.7 Å². The van der Waals surface area contributed by atoms with Crippen LogP contribution in [0.4, 0.5) is 10.1 Å². The first-order valence-corrected chi connectivity index (χ1v) is 12.3. The Hall–Kier alpha value is -3.20. The van der Waals surface area contributed by atoms with Gasteiger partial charge in [-0.2, -0.15) is 0 Å². The van der Waals surface area contributed by atoms with E-state index in [2.05, 4.69) is 39.4 Å². The molecule has 1 fully saturated rings. The maximum absolute atomic E-state index is 13.3. The van der Waals surface area contributed by atoms with Gasteiger partial charge in [0.05, 0.1) is 12.1 Å². The van der Waals surface area contributed by atoms with Crippen molar-refractivity contribution < 1.29 is 18.7 Å². The summed E-state index contributed by atoms with van der Waals surface area (Å²) in [7, 11) is 1.54. The molecule has 188 valence electrons. The Balaban J connectivity index is 1.31. The molecule has 0 aliphatic carbocycles. The van der Waals surface area contributed by atoms with Gasteiger partial charge in [-0.15, -0.1) is 0 Å². The van der Waals surface area contributed by atoms with Gasteiger partial charge in [0.15, 0.2) is 18.1 Å². The summed E-state index contributed by atoms with van der Waals surface area (Å²) in [4.78, 5) is 17.6. The van der Waals surface area contributed by atoms with Crippen molar-refractivity contribution in [2.45, 2.75) is 6.54 Å². The molecule has 3 aromatic rings. The summed E-state index contributed by atoms with van der Waals surface area (Å²) in [5, 5.41) is 2.55. The number of carbonyl (C=O) groups is 1. The molecule has 0 spiro atoms. The second-order valence-electron chi connectivity index (χ2n) is 8.39. The number of anilines is 1. The minimum Gasteiger partial charge on any atom is -0.493 e. The zero-order chi connectivity index (χ0) is 25.5. The van der Waals surface area contributed by atoms with Gasteiger partial charge in [0, 0.05) is 44.0 Å². The van der Waals surface area contributed by atoms with Crippen molar-refractivity contribution in [2.75, 3.05) is 45.2 Å². The van der Waals surface area contributed by atoms with Crippen molar-refractivity contribution in [1.29, 1.82) is 0 Å². The van der Waals surface area contributed by atoms with Crippen LogP contribution in [-0.4, -0.2) is 60.6 Å². The van der Waals surface area contributed by atoms with Gasteiger partial charge >= 0.3 is 0 Å². The topological polar surface area (TPSA) is 54.0 Å². The molecule has 0 bridgehead atoms. The lowest BCUT2D eigenvalue weighted by molar-refractivity contribution is -0.118. The summed E-state index contributed by atoms with van der Waals surface area (Å²) in [6, 6.07) is 19.8. The van der Waals surface area contributed by atoms with Crippen LogP contribution in [0.5, 0.6) is 11.5 Å². The van der Waals surface area contributed by atoms with Gasteiger partial charge in [-0.1, -0.05) is 54.2 Å². The quantitative estimate of drug-likeness (QED) is 0.416. The molecule has 1 heterocycles. The van der Waals surface area contributed by atoms with Crippen molar-refractivity contribution in [3.63, 3.8) is 0 Å². The monoisotopic (exact) mass is 527 g/mol. The van der Waals surface area contributed by atoms with E-state index >= 15 is 0 Å². The fourth-order valence-corrected chi connectivity index (χ4v) is 4.46.